The quantitative estimate of drug-likeness (QED) is 0.735. The molecule has 1 atom stereocenters. The molecule has 2 aliphatic rings. The first kappa shape index (κ1) is 19.7. The van der Waals surface area contributed by atoms with Crippen molar-refractivity contribution in [1.82, 2.24) is 10.0 Å². The Bertz CT molecular complexity index is 1070. The molecule has 1 unspecified atom stereocenters. The number of carbonyl (C=O) groups is 1. The van der Waals surface area contributed by atoms with E-state index in [2.05, 4.69) is 23.0 Å². The summed E-state index contributed by atoms with van der Waals surface area (Å²) >= 11 is 12.3. The Balaban J connectivity index is 1.62. The van der Waals surface area contributed by atoms with E-state index in [9.17, 15) is 13.2 Å². The molecule has 1 amide bonds. The van der Waals surface area contributed by atoms with Crippen LogP contribution in [0.2, 0.25) is 10.0 Å². The SMILES string of the molecule is Cc1cccc2c1CCC2NC(=O)c1cc(S(=O)(=O)NC2CC2)c(Cl)cc1Cl. The van der Waals surface area contributed by atoms with Crippen LogP contribution in [0.15, 0.2) is 35.2 Å². The molecule has 2 N–H and O–H groups in total. The van der Waals surface area contributed by atoms with Crippen LogP contribution >= 0.6 is 23.2 Å². The van der Waals surface area contributed by atoms with Crippen LogP contribution in [0, 0.1) is 6.92 Å². The Morgan fingerprint density at radius 2 is 1.86 bits per heavy atom. The van der Waals surface area contributed by atoms with Gasteiger partial charge in [0.05, 0.1) is 21.7 Å². The third-order valence-corrected chi connectivity index (χ3v) is 7.56. The summed E-state index contributed by atoms with van der Waals surface area (Å²) in [5.74, 6) is -0.413. The zero-order valence-corrected chi connectivity index (χ0v) is 17.6. The fourth-order valence-corrected chi connectivity index (χ4v) is 5.78. The van der Waals surface area contributed by atoms with Crippen molar-refractivity contribution in [2.75, 3.05) is 0 Å². The number of carbonyl (C=O) groups excluding carboxylic acids is 1. The number of amides is 1. The zero-order chi connectivity index (χ0) is 20.1. The number of halogens is 2. The molecule has 8 heteroatoms. The van der Waals surface area contributed by atoms with Crippen LogP contribution in [-0.4, -0.2) is 20.4 Å². The number of hydrogen-bond acceptors (Lipinski definition) is 3. The number of hydrogen-bond donors (Lipinski definition) is 2. The van der Waals surface area contributed by atoms with Crippen LogP contribution in [0.5, 0.6) is 0 Å². The third-order valence-electron chi connectivity index (χ3n) is 5.27. The first-order valence-corrected chi connectivity index (χ1v) is 11.4. The summed E-state index contributed by atoms with van der Waals surface area (Å²) in [5.41, 5.74) is 3.66. The molecule has 148 valence electrons. The van der Waals surface area contributed by atoms with Crippen molar-refractivity contribution >= 4 is 39.1 Å². The maximum Gasteiger partial charge on any atom is 0.253 e. The summed E-state index contributed by atoms with van der Waals surface area (Å²) in [5, 5.41) is 3.11. The third kappa shape index (κ3) is 3.79. The lowest BCUT2D eigenvalue weighted by atomic mass is 10.0. The van der Waals surface area contributed by atoms with E-state index in [1.807, 2.05) is 12.1 Å². The molecule has 0 aromatic heterocycles. The van der Waals surface area contributed by atoms with Gasteiger partial charge in [-0.15, -0.1) is 0 Å². The average molecular weight is 439 g/mol. The summed E-state index contributed by atoms with van der Waals surface area (Å²) in [4.78, 5) is 12.8. The van der Waals surface area contributed by atoms with Gasteiger partial charge in [0.15, 0.2) is 0 Å². The van der Waals surface area contributed by atoms with Crippen LogP contribution in [0.3, 0.4) is 0 Å². The van der Waals surface area contributed by atoms with Crippen molar-refractivity contribution in [3.05, 3.63) is 62.6 Å². The molecule has 0 spiro atoms. The van der Waals surface area contributed by atoms with E-state index in [-0.39, 0.29) is 32.6 Å². The number of rotatable bonds is 5. The van der Waals surface area contributed by atoms with Crippen molar-refractivity contribution in [2.24, 2.45) is 0 Å². The van der Waals surface area contributed by atoms with E-state index in [0.29, 0.717) is 0 Å². The topological polar surface area (TPSA) is 75.3 Å². The molecule has 1 saturated carbocycles. The van der Waals surface area contributed by atoms with E-state index in [1.165, 1.54) is 23.3 Å². The van der Waals surface area contributed by atoms with Crippen molar-refractivity contribution in [2.45, 2.75) is 49.6 Å². The van der Waals surface area contributed by atoms with Gasteiger partial charge in [-0.05, 0) is 61.4 Å². The fraction of sp³-hybridized carbons (Fsp3) is 0.350. The average Bonchev–Trinajstić information content (AvgIpc) is 3.32. The molecule has 28 heavy (non-hydrogen) atoms. The monoisotopic (exact) mass is 438 g/mol. The Hall–Kier alpha value is -1.60. The second kappa shape index (κ2) is 7.34. The first-order chi connectivity index (χ1) is 13.3. The highest BCUT2D eigenvalue weighted by Crippen LogP contribution is 2.35. The number of benzene rings is 2. The van der Waals surface area contributed by atoms with Gasteiger partial charge in [0.1, 0.15) is 4.90 Å². The molecule has 2 aromatic rings. The number of aryl methyl sites for hydroxylation is 1. The van der Waals surface area contributed by atoms with E-state index in [4.69, 9.17) is 23.2 Å². The van der Waals surface area contributed by atoms with Gasteiger partial charge >= 0.3 is 0 Å². The molecular weight excluding hydrogens is 419 g/mol. The highest BCUT2D eigenvalue weighted by molar-refractivity contribution is 7.89. The van der Waals surface area contributed by atoms with Gasteiger partial charge in [-0.3, -0.25) is 4.79 Å². The molecular formula is C20H20Cl2N2O3S. The minimum absolute atomic E-state index is 0.00321. The van der Waals surface area contributed by atoms with E-state index >= 15 is 0 Å². The number of fused-ring (bicyclic) bond motifs is 1. The predicted octanol–water partition coefficient (Wildman–Crippen LogP) is 4.16. The molecule has 5 nitrogen and oxygen atoms in total. The van der Waals surface area contributed by atoms with E-state index in [0.717, 1.165) is 31.2 Å². The molecule has 0 bridgehead atoms. The van der Waals surface area contributed by atoms with Crippen LogP contribution in [0.25, 0.3) is 0 Å². The van der Waals surface area contributed by atoms with E-state index in [1.54, 1.807) is 0 Å². The van der Waals surface area contributed by atoms with Gasteiger partial charge in [-0.1, -0.05) is 41.4 Å². The van der Waals surface area contributed by atoms with Gasteiger partial charge in [0.25, 0.3) is 5.91 Å². The summed E-state index contributed by atoms with van der Waals surface area (Å²) in [6.07, 6.45) is 3.30. The Morgan fingerprint density at radius 3 is 2.57 bits per heavy atom. The van der Waals surface area contributed by atoms with E-state index < -0.39 is 15.9 Å². The maximum atomic E-state index is 12.9. The molecule has 0 aliphatic heterocycles. The smallest absolute Gasteiger partial charge is 0.253 e. The minimum atomic E-state index is -3.80. The van der Waals surface area contributed by atoms with Crippen LogP contribution < -0.4 is 10.0 Å². The molecule has 0 saturated heterocycles. The molecule has 2 aliphatic carbocycles. The Morgan fingerprint density at radius 1 is 1.11 bits per heavy atom. The van der Waals surface area contributed by atoms with Crippen LogP contribution in [0.1, 0.15) is 52.4 Å². The molecule has 2 aromatic carbocycles. The summed E-state index contributed by atoms with van der Waals surface area (Å²) < 4.78 is 27.7. The summed E-state index contributed by atoms with van der Waals surface area (Å²) in [6, 6.07) is 8.43. The highest BCUT2D eigenvalue weighted by atomic mass is 35.5. The van der Waals surface area contributed by atoms with Gasteiger partial charge in [0, 0.05) is 6.04 Å². The number of sulfonamides is 1. The van der Waals surface area contributed by atoms with Gasteiger partial charge in [-0.25, -0.2) is 13.1 Å². The Labute approximate surface area is 174 Å². The zero-order valence-electron chi connectivity index (χ0n) is 15.3. The summed E-state index contributed by atoms with van der Waals surface area (Å²) in [7, 11) is -3.80. The van der Waals surface area contributed by atoms with Gasteiger partial charge in [-0.2, -0.15) is 0 Å². The molecule has 0 radical (unpaired) electrons. The van der Waals surface area contributed by atoms with Crippen LogP contribution in [-0.2, 0) is 16.4 Å². The molecule has 0 heterocycles. The van der Waals surface area contributed by atoms with Crippen molar-refractivity contribution in [3.8, 4) is 0 Å². The lowest BCUT2D eigenvalue weighted by Crippen LogP contribution is -2.29. The van der Waals surface area contributed by atoms with Gasteiger partial charge in [0.2, 0.25) is 10.0 Å². The largest absolute Gasteiger partial charge is 0.345 e. The number of nitrogens with one attached hydrogen (secondary N) is 2. The summed E-state index contributed by atoms with van der Waals surface area (Å²) in [6.45, 7) is 2.06. The second-order valence-corrected chi connectivity index (χ2v) is 9.86. The Kier molecular flexibility index (Phi) is 5.16. The fourth-order valence-electron chi connectivity index (χ4n) is 3.62. The van der Waals surface area contributed by atoms with Crippen molar-refractivity contribution in [3.63, 3.8) is 0 Å². The van der Waals surface area contributed by atoms with Gasteiger partial charge < -0.3 is 5.32 Å². The maximum absolute atomic E-state index is 12.9. The van der Waals surface area contributed by atoms with Crippen molar-refractivity contribution in [1.29, 1.82) is 0 Å². The minimum Gasteiger partial charge on any atom is -0.345 e. The second-order valence-electron chi connectivity index (χ2n) is 7.37. The van der Waals surface area contributed by atoms with Crippen molar-refractivity contribution < 1.29 is 13.2 Å². The lowest BCUT2D eigenvalue weighted by Gasteiger charge is -2.16. The standard InChI is InChI=1S/C20H20Cl2N2O3S/c1-11-3-2-4-14-13(11)7-8-18(14)23-20(25)15-9-19(17(22)10-16(15)21)28(26,27)24-12-5-6-12/h2-4,9-10,12,18,24H,5-8H2,1H3,(H,23,25). The normalized spacial score (nSPS) is 18.8. The molecule has 1 fully saturated rings. The lowest BCUT2D eigenvalue weighted by molar-refractivity contribution is 0.0936. The highest BCUT2D eigenvalue weighted by Gasteiger charge is 2.31. The molecule has 4 rings (SSSR count). The van der Waals surface area contributed by atoms with Crippen LogP contribution in [0.4, 0.5) is 0 Å². The predicted molar refractivity (Wildman–Crippen MR) is 110 cm³/mol. The first-order valence-electron chi connectivity index (χ1n) is 9.17.